The van der Waals surface area contributed by atoms with Crippen LogP contribution in [0.4, 0.5) is 5.69 Å². The number of aliphatic hydroxyl groups excluding tert-OH is 1. The third kappa shape index (κ3) is 4.50. The van der Waals surface area contributed by atoms with Crippen molar-refractivity contribution in [2.75, 3.05) is 12.0 Å². The number of Topliss-reactive ketones (excluding diaryl/α,β-unsaturated/α-hetero) is 1. The van der Waals surface area contributed by atoms with E-state index in [2.05, 4.69) is 4.98 Å². The standard InChI is InChI=1S/C27H24N2O6/c1-16(2)35-27(33)17-10-12-19(13-11-17)29-23(18-7-6-14-28-15-18)22(25(31)26(29)32)24(30)20-8-4-5-9-21(20)34-3/h4-16,23,30H,1-3H3/b24-22+. The van der Waals surface area contributed by atoms with E-state index in [0.717, 1.165) is 0 Å². The van der Waals surface area contributed by atoms with E-state index in [1.807, 2.05) is 0 Å². The number of amides is 1. The number of carbonyl (C=O) groups is 3. The van der Waals surface area contributed by atoms with Crippen molar-refractivity contribution in [2.24, 2.45) is 0 Å². The van der Waals surface area contributed by atoms with E-state index in [9.17, 15) is 19.5 Å². The van der Waals surface area contributed by atoms with Crippen LogP contribution < -0.4 is 9.64 Å². The van der Waals surface area contributed by atoms with Crippen molar-refractivity contribution < 1.29 is 29.0 Å². The van der Waals surface area contributed by atoms with Crippen molar-refractivity contribution in [1.82, 2.24) is 4.98 Å². The minimum atomic E-state index is -0.943. The Kier molecular flexibility index (Phi) is 6.64. The van der Waals surface area contributed by atoms with Gasteiger partial charge >= 0.3 is 5.97 Å². The quantitative estimate of drug-likeness (QED) is 0.247. The summed E-state index contributed by atoms with van der Waals surface area (Å²) in [6.45, 7) is 3.50. The third-order valence-electron chi connectivity index (χ3n) is 5.53. The van der Waals surface area contributed by atoms with Gasteiger partial charge in [0.2, 0.25) is 0 Å². The van der Waals surface area contributed by atoms with Crippen LogP contribution in [0.1, 0.15) is 41.4 Å². The molecule has 1 atom stereocenters. The second-order valence-electron chi connectivity index (χ2n) is 8.16. The average Bonchev–Trinajstić information content (AvgIpc) is 3.14. The average molecular weight is 472 g/mol. The third-order valence-corrected chi connectivity index (χ3v) is 5.53. The summed E-state index contributed by atoms with van der Waals surface area (Å²) < 4.78 is 10.6. The largest absolute Gasteiger partial charge is 0.507 e. The monoisotopic (exact) mass is 472 g/mol. The molecule has 178 valence electrons. The lowest BCUT2D eigenvalue weighted by atomic mass is 9.96. The predicted octanol–water partition coefficient (Wildman–Crippen LogP) is 4.28. The Balaban J connectivity index is 1.85. The second kappa shape index (κ2) is 9.80. The van der Waals surface area contributed by atoms with E-state index in [1.54, 1.807) is 68.6 Å². The minimum absolute atomic E-state index is 0.0872. The summed E-state index contributed by atoms with van der Waals surface area (Å²) in [4.78, 5) is 44.1. The van der Waals surface area contributed by atoms with Gasteiger partial charge in [0.25, 0.3) is 11.7 Å². The van der Waals surface area contributed by atoms with Gasteiger partial charge in [-0.25, -0.2) is 4.79 Å². The first-order chi connectivity index (χ1) is 16.8. The molecule has 8 heteroatoms. The van der Waals surface area contributed by atoms with E-state index in [1.165, 1.54) is 30.3 Å². The zero-order chi connectivity index (χ0) is 25.1. The van der Waals surface area contributed by atoms with Crippen molar-refractivity contribution in [3.05, 3.63) is 95.3 Å². The Bertz CT molecular complexity index is 1300. The second-order valence-corrected chi connectivity index (χ2v) is 8.16. The first-order valence-electron chi connectivity index (χ1n) is 11.0. The van der Waals surface area contributed by atoms with Crippen LogP contribution in [0.3, 0.4) is 0 Å². The molecule has 1 unspecified atom stereocenters. The molecule has 1 saturated heterocycles. The summed E-state index contributed by atoms with van der Waals surface area (Å²) in [5.41, 5.74) is 1.42. The molecular weight excluding hydrogens is 448 g/mol. The van der Waals surface area contributed by atoms with E-state index >= 15 is 0 Å². The highest BCUT2D eigenvalue weighted by Gasteiger charge is 2.47. The number of para-hydroxylation sites is 1. The predicted molar refractivity (Wildman–Crippen MR) is 129 cm³/mol. The molecule has 1 amide bonds. The molecule has 1 aliphatic heterocycles. The van der Waals surface area contributed by atoms with Gasteiger partial charge in [-0.15, -0.1) is 0 Å². The number of ether oxygens (including phenoxy) is 2. The molecule has 1 aliphatic rings. The molecule has 8 nitrogen and oxygen atoms in total. The number of aliphatic hydroxyl groups is 1. The van der Waals surface area contributed by atoms with Gasteiger partial charge in [-0.2, -0.15) is 0 Å². The van der Waals surface area contributed by atoms with Gasteiger partial charge in [0.15, 0.2) is 0 Å². The number of nitrogens with zero attached hydrogens (tertiary/aromatic N) is 2. The van der Waals surface area contributed by atoms with Crippen LogP contribution >= 0.6 is 0 Å². The van der Waals surface area contributed by atoms with E-state index in [4.69, 9.17) is 9.47 Å². The van der Waals surface area contributed by atoms with Gasteiger partial charge in [-0.1, -0.05) is 18.2 Å². The summed E-state index contributed by atoms with van der Waals surface area (Å²) in [5, 5.41) is 11.2. The molecule has 1 aromatic heterocycles. The van der Waals surface area contributed by atoms with E-state index in [-0.39, 0.29) is 23.0 Å². The Hall–Kier alpha value is -4.46. The zero-order valence-corrected chi connectivity index (χ0v) is 19.5. The van der Waals surface area contributed by atoms with Crippen LogP contribution in [-0.4, -0.2) is 41.0 Å². The molecule has 2 aromatic carbocycles. The maximum atomic E-state index is 13.2. The Labute approximate surface area is 202 Å². The topological polar surface area (TPSA) is 106 Å². The van der Waals surface area contributed by atoms with Crippen molar-refractivity contribution in [2.45, 2.75) is 26.0 Å². The number of pyridine rings is 1. The molecule has 2 heterocycles. The molecule has 3 aromatic rings. The van der Waals surface area contributed by atoms with E-state index < -0.39 is 23.7 Å². The van der Waals surface area contributed by atoms with E-state index in [0.29, 0.717) is 22.6 Å². The van der Waals surface area contributed by atoms with Gasteiger partial charge in [0.1, 0.15) is 11.5 Å². The van der Waals surface area contributed by atoms with Crippen molar-refractivity contribution in [3.63, 3.8) is 0 Å². The summed E-state index contributed by atoms with van der Waals surface area (Å²) in [6, 6.07) is 15.3. The molecule has 1 N–H and O–H groups in total. The minimum Gasteiger partial charge on any atom is -0.507 e. The normalized spacial score (nSPS) is 17.0. The molecule has 0 radical (unpaired) electrons. The fourth-order valence-corrected chi connectivity index (χ4v) is 3.98. The van der Waals surface area contributed by atoms with Crippen LogP contribution in [0.15, 0.2) is 78.6 Å². The lowest BCUT2D eigenvalue weighted by molar-refractivity contribution is -0.132. The lowest BCUT2D eigenvalue weighted by Crippen LogP contribution is -2.29. The number of anilines is 1. The number of carbonyl (C=O) groups excluding carboxylic acids is 3. The maximum Gasteiger partial charge on any atom is 0.338 e. The van der Waals surface area contributed by atoms with Crippen LogP contribution in [-0.2, 0) is 14.3 Å². The molecule has 0 saturated carbocycles. The first kappa shape index (κ1) is 23.7. The van der Waals surface area contributed by atoms with Gasteiger partial charge in [0, 0.05) is 18.1 Å². The highest BCUT2D eigenvalue weighted by atomic mass is 16.5. The number of hydrogen-bond acceptors (Lipinski definition) is 7. The Morgan fingerprint density at radius 3 is 2.37 bits per heavy atom. The lowest BCUT2D eigenvalue weighted by Gasteiger charge is -2.25. The van der Waals surface area contributed by atoms with Gasteiger partial charge in [-0.05, 0) is 61.9 Å². The smallest absolute Gasteiger partial charge is 0.338 e. The number of methoxy groups -OCH3 is 1. The number of benzene rings is 2. The fourth-order valence-electron chi connectivity index (χ4n) is 3.98. The number of rotatable bonds is 6. The number of ketones is 1. The highest BCUT2D eigenvalue weighted by molar-refractivity contribution is 6.51. The number of esters is 1. The molecule has 35 heavy (non-hydrogen) atoms. The molecule has 0 aliphatic carbocycles. The summed E-state index contributed by atoms with van der Waals surface area (Å²) in [7, 11) is 1.45. The van der Waals surface area contributed by atoms with Gasteiger partial charge in [-0.3, -0.25) is 19.5 Å². The van der Waals surface area contributed by atoms with Crippen LogP contribution in [0.2, 0.25) is 0 Å². The molecule has 1 fully saturated rings. The molecule has 4 rings (SSSR count). The fraction of sp³-hybridized carbons (Fsp3) is 0.185. The van der Waals surface area contributed by atoms with Gasteiger partial charge < -0.3 is 14.6 Å². The molecule has 0 bridgehead atoms. The Morgan fingerprint density at radius 1 is 1.03 bits per heavy atom. The van der Waals surface area contributed by atoms with Gasteiger partial charge in [0.05, 0.1) is 36.0 Å². The van der Waals surface area contributed by atoms with Crippen molar-refractivity contribution in [3.8, 4) is 5.75 Å². The van der Waals surface area contributed by atoms with Crippen LogP contribution in [0.5, 0.6) is 5.75 Å². The molecular formula is C27H24N2O6. The Morgan fingerprint density at radius 2 is 1.74 bits per heavy atom. The highest BCUT2D eigenvalue weighted by Crippen LogP contribution is 2.43. The zero-order valence-electron chi connectivity index (χ0n) is 19.5. The maximum absolute atomic E-state index is 13.2. The van der Waals surface area contributed by atoms with Crippen molar-refractivity contribution >= 4 is 29.1 Å². The molecule has 0 spiro atoms. The van der Waals surface area contributed by atoms with Crippen LogP contribution in [0, 0.1) is 0 Å². The van der Waals surface area contributed by atoms with Crippen molar-refractivity contribution in [1.29, 1.82) is 0 Å². The number of hydrogen-bond donors (Lipinski definition) is 1. The summed E-state index contributed by atoms with van der Waals surface area (Å²) >= 11 is 0. The first-order valence-corrected chi connectivity index (χ1v) is 11.0. The van der Waals surface area contributed by atoms with Crippen LogP contribution in [0.25, 0.3) is 5.76 Å². The summed E-state index contributed by atoms with van der Waals surface area (Å²) in [5.74, 6) is -2.14. The number of aromatic nitrogens is 1. The SMILES string of the molecule is COc1ccccc1/C(O)=C1\C(=O)C(=O)N(c2ccc(C(=O)OC(C)C)cc2)C1c1cccnc1. The summed E-state index contributed by atoms with van der Waals surface area (Å²) in [6.07, 6.45) is 2.83.